The average Bonchev–Trinajstić information content (AvgIpc) is 3.72. The number of alkyl halides is 1. The van der Waals surface area contributed by atoms with Gasteiger partial charge in [0.25, 0.3) is 5.56 Å². The molecule has 22 nitrogen and oxygen atoms in total. The first-order valence-electron chi connectivity index (χ1n) is 12.9. The molecule has 3 aliphatic rings. The molecule has 0 aliphatic carbocycles. The number of ether oxygens (including phenoxy) is 2. The monoisotopic (exact) mass is 676 g/mol. The van der Waals surface area contributed by atoms with Gasteiger partial charge < -0.3 is 35.8 Å². The molecule has 8 N–H and O–H groups in total. The fourth-order valence-corrected chi connectivity index (χ4v) is 7.16. The molecule has 0 aromatic carbocycles. The molecule has 0 saturated carbocycles. The number of nitrogen functional groups attached to an aromatic ring is 2. The number of rotatable bonds is 2. The van der Waals surface area contributed by atoms with Crippen LogP contribution in [0.2, 0.25) is 0 Å². The van der Waals surface area contributed by atoms with Crippen LogP contribution in [0.5, 0.6) is 0 Å². The van der Waals surface area contributed by atoms with Crippen LogP contribution in [0.3, 0.4) is 0 Å². The molecule has 242 valence electrons. The van der Waals surface area contributed by atoms with E-state index in [2.05, 4.69) is 29.9 Å². The van der Waals surface area contributed by atoms with Crippen LogP contribution in [0.25, 0.3) is 22.3 Å². The highest BCUT2D eigenvalue weighted by molar-refractivity contribution is 7.47. The Morgan fingerprint density at radius 1 is 0.889 bits per heavy atom. The number of halogens is 1. The standard InChI is InChI=1S/C20H23FN10O12P2/c21-8-6-1-38-44(34,35)42-12-7(41-18(11(12)32)30-4-26-9-14(22)24-3-25-15(9)30)2-39-45(36,37)43-13(8)19(40-6)31-5-27-10-16(31)28-20(23)29-17(10)33/h3-8,11-13,18-19,32H,1-2H2,(H,34,35)(H,36,37)(H2,22,24,25)(H3,23,28,29,33)/t6-,7+,8-,11+,12+,13+,18+,19+/m0/s1. The van der Waals surface area contributed by atoms with Crippen molar-refractivity contribution < 1.29 is 56.0 Å². The molecule has 7 rings (SSSR count). The van der Waals surface area contributed by atoms with Gasteiger partial charge in [0.15, 0.2) is 41.3 Å². The van der Waals surface area contributed by atoms with Crippen LogP contribution < -0.4 is 17.0 Å². The smallest absolute Gasteiger partial charge is 0.386 e. The predicted octanol–water partition coefficient (Wildman–Crippen LogP) is -1.36. The van der Waals surface area contributed by atoms with Gasteiger partial charge >= 0.3 is 15.6 Å². The predicted molar refractivity (Wildman–Crippen MR) is 142 cm³/mol. The van der Waals surface area contributed by atoms with Crippen LogP contribution in [-0.2, 0) is 36.7 Å². The second-order valence-electron chi connectivity index (χ2n) is 10.1. The number of phosphoric ester groups is 2. The van der Waals surface area contributed by atoms with Crippen LogP contribution in [0.1, 0.15) is 12.5 Å². The Morgan fingerprint density at radius 3 is 2.24 bits per heavy atom. The van der Waals surface area contributed by atoms with Crippen molar-refractivity contribution >= 4 is 49.7 Å². The van der Waals surface area contributed by atoms with Crippen molar-refractivity contribution in [1.29, 1.82) is 0 Å². The molecular formula is C20H23FN10O12P2. The minimum atomic E-state index is -5.19. The number of H-pyrrole nitrogens is 1. The summed E-state index contributed by atoms with van der Waals surface area (Å²) in [6.07, 6.45) is -10.5. The Morgan fingerprint density at radius 2 is 1.51 bits per heavy atom. The molecule has 10 atom stereocenters. The second kappa shape index (κ2) is 10.8. The number of hydrogen-bond donors (Lipinski definition) is 6. The number of aliphatic hydroxyl groups is 1. The van der Waals surface area contributed by atoms with Gasteiger partial charge in [-0.05, 0) is 0 Å². The van der Waals surface area contributed by atoms with Crippen LogP contribution in [0.4, 0.5) is 16.2 Å². The van der Waals surface area contributed by atoms with Gasteiger partial charge in [-0.2, -0.15) is 4.98 Å². The molecule has 25 heteroatoms. The lowest BCUT2D eigenvalue weighted by molar-refractivity contribution is -0.0671. The number of aliphatic hydroxyl groups excluding tert-OH is 1. The lowest BCUT2D eigenvalue weighted by Gasteiger charge is -2.25. The minimum absolute atomic E-state index is 0.0241. The van der Waals surface area contributed by atoms with E-state index < -0.39 is 83.6 Å². The molecule has 2 unspecified atom stereocenters. The average molecular weight is 676 g/mol. The van der Waals surface area contributed by atoms with Crippen LogP contribution >= 0.6 is 15.6 Å². The number of aromatic nitrogens is 8. The first kappa shape index (κ1) is 30.2. The molecule has 2 bridgehead atoms. The van der Waals surface area contributed by atoms with Gasteiger partial charge in [0.2, 0.25) is 5.95 Å². The van der Waals surface area contributed by atoms with Crippen molar-refractivity contribution in [3.63, 3.8) is 0 Å². The van der Waals surface area contributed by atoms with Crippen molar-refractivity contribution in [3.8, 4) is 0 Å². The van der Waals surface area contributed by atoms with E-state index in [-0.39, 0.29) is 34.1 Å². The Labute approximate surface area is 248 Å². The van der Waals surface area contributed by atoms with Gasteiger partial charge in [0, 0.05) is 0 Å². The summed E-state index contributed by atoms with van der Waals surface area (Å²) in [5.41, 5.74) is 10.6. The molecule has 0 spiro atoms. The van der Waals surface area contributed by atoms with Crippen molar-refractivity contribution in [2.75, 3.05) is 24.7 Å². The van der Waals surface area contributed by atoms with Gasteiger partial charge in [-0.3, -0.25) is 37.0 Å². The summed E-state index contributed by atoms with van der Waals surface area (Å²) in [4.78, 5) is 55.5. The quantitative estimate of drug-likeness (QED) is 0.133. The van der Waals surface area contributed by atoms with E-state index in [0.717, 1.165) is 17.2 Å². The first-order valence-corrected chi connectivity index (χ1v) is 15.9. The number of imidazole rings is 2. The van der Waals surface area contributed by atoms with Crippen LogP contribution in [0, 0.1) is 0 Å². The summed E-state index contributed by atoms with van der Waals surface area (Å²) in [7, 11) is -10.3. The number of fused-ring (bicyclic) bond motifs is 5. The fourth-order valence-electron chi connectivity index (χ4n) is 5.27. The summed E-state index contributed by atoms with van der Waals surface area (Å²) >= 11 is 0. The molecule has 3 aliphatic heterocycles. The zero-order valence-electron chi connectivity index (χ0n) is 22.3. The van der Waals surface area contributed by atoms with Crippen LogP contribution in [-0.4, -0.2) is 104 Å². The zero-order chi connectivity index (χ0) is 31.8. The highest BCUT2D eigenvalue weighted by atomic mass is 31.2. The number of nitrogens with zero attached hydrogens (tertiary/aromatic N) is 7. The van der Waals surface area contributed by atoms with E-state index in [1.807, 2.05) is 0 Å². The topological polar surface area (TPSA) is 309 Å². The lowest BCUT2D eigenvalue weighted by Crippen LogP contribution is -2.36. The third-order valence-electron chi connectivity index (χ3n) is 7.27. The number of phosphoric acid groups is 2. The molecule has 45 heavy (non-hydrogen) atoms. The molecule has 4 aromatic rings. The summed E-state index contributed by atoms with van der Waals surface area (Å²) < 4.78 is 76.1. The summed E-state index contributed by atoms with van der Waals surface area (Å²) in [5, 5.41) is 11.1. The molecular weight excluding hydrogens is 653 g/mol. The normalized spacial score (nSPS) is 37.7. The van der Waals surface area contributed by atoms with E-state index in [1.54, 1.807) is 0 Å². The molecule has 3 fully saturated rings. The summed E-state index contributed by atoms with van der Waals surface area (Å²) in [6, 6.07) is 0. The third-order valence-corrected chi connectivity index (χ3v) is 9.24. The molecule has 7 heterocycles. The Hall–Kier alpha value is -3.47. The van der Waals surface area contributed by atoms with Gasteiger partial charge in [0.05, 0.1) is 25.9 Å². The van der Waals surface area contributed by atoms with Gasteiger partial charge in [-0.25, -0.2) is 33.5 Å². The molecule has 4 aromatic heterocycles. The third kappa shape index (κ3) is 5.30. The van der Waals surface area contributed by atoms with Crippen molar-refractivity contribution in [2.45, 2.75) is 49.1 Å². The van der Waals surface area contributed by atoms with Crippen molar-refractivity contribution in [2.24, 2.45) is 0 Å². The van der Waals surface area contributed by atoms with E-state index in [4.69, 9.17) is 39.0 Å². The maximum absolute atomic E-state index is 15.7. The van der Waals surface area contributed by atoms with E-state index in [1.165, 1.54) is 10.9 Å². The van der Waals surface area contributed by atoms with Gasteiger partial charge in [0.1, 0.15) is 42.4 Å². The second-order valence-corrected chi connectivity index (χ2v) is 12.9. The van der Waals surface area contributed by atoms with Crippen molar-refractivity contribution in [3.05, 3.63) is 29.3 Å². The number of hydrogen-bond acceptors (Lipinski definition) is 17. The number of nitrogens with two attached hydrogens (primary N) is 2. The van der Waals surface area contributed by atoms with E-state index in [9.17, 15) is 28.8 Å². The van der Waals surface area contributed by atoms with E-state index >= 15 is 4.39 Å². The maximum Gasteiger partial charge on any atom is 0.472 e. The minimum Gasteiger partial charge on any atom is -0.386 e. The summed E-state index contributed by atoms with van der Waals surface area (Å²) in [5.74, 6) is -0.291. The van der Waals surface area contributed by atoms with Crippen LogP contribution in [0.15, 0.2) is 23.8 Å². The highest BCUT2D eigenvalue weighted by Gasteiger charge is 2.54. The number of anilines is 2. The Balaban J connectivity index is 1.21. The maximum atomic E-state index is 15.7. The number of aromatic amines is 1. The number of nitrogens with one attached hydrogen (secondary N) is 1. The molecule has 0 radical (unpaired) electrons. The van der Waals surface area contributed by atoms with Gasteiger partial charge in [-0.1, -0.05) is 0 Å². The highest BCUT2D eigenvalue weighted by Crippen LogP contribution is 2.54. The molecule has 3 saturated heterocycles. The lowest BCUT2D eigenvalue weighted by atomic mass is 10.1. The Kier molecular flexibility index (Phi) is 7.26. The molecule has 0 amide bonds. The fraction of sp³-hybridized carbons (Fsp3) is 0.500. The largest absolute Gasteiger partial charge is 0.472 e. The van der Waals surface area contributed by atoms with Gasteiger partial charge in [-0.15, -0.1) is 0 Å². The Bertz CT molecular complexity index is 1940. The zero-order valence-corrected chi connectivity index (χ0v) is 24.1. The first-order chi connectivity index (χ1) is 21.3. The SMILES string of the molecule is Nc1nc2c(ncn2[C@@H]2O[C@H]3COP(=O)(O)O[C@H]4[C@@H](O)[C@H](n5cnc6c(N)ncnc65)O[C@@H]4COP(=O)(O)O[C@@H]2[C@H]3F)c(=O)[nH]1. The van der Waals surface area contributed by atoms with Crippen molar-refractivity contribution in [1.82, 2.24) is 39.0 Å². The van der Waals surface area contributed by atoms with E-state index in [0.29, 0.717) is 0 Å². The summed E-state index contributed by atoms with van der Waals surface area (Å²) in [6.45, 7) is -1.82.